The number of rotatable bonds is 2. The van der Waals surface area contributed by atoms with E-state index in [0.29, 0.717) is 6.04 Å². The van der Waals surface area contributed by atoms with Gasteiger partial charge in [0.05, 0.1) is 5.69 Å². The van der Waals surface area contributed by atoms with Crippen LogP contribution in [0.3, 0.4) is 0 Å². The number of para-hydroxylation sites is 1. The molecule has 21 heavy (non-hydrogen) atoms. The lowest BCUT2D eigenvalue weighted by atomic mass is 9.94. The lowest BCUT2D eigenvalue weighted by molar-refractivity contribution is 0.618. The van der Waals surface area contributed by atoms with Crippen molar-refractivity contribution in [1.29, 1.82) is 5.41 Å². The van der Waals surface area contributed by atoms with E-state index >= 15 is 0 Å². The Morgan fingerprint density at radius 1 is 1.19 bits per heavy atom. The van der Waals surface area contributed by atoms with Crippen LogP contribution < -0.4 is 10.6 Å². The van der Waals surface area contributed by atoms with E-state index in [1.165, 1.54) is 16.8 Å². The van der Waals surface area contributed by atoms with Crippen molar-refractivity contribution in [2.45, 2.75) is 32.7 Å². The van der Waals surface area contributed by atoms with Crippen LogP contribution in [0.4, 0.5) is 11.4 Å². The Kier molecular flexibility index (Phi) is 3.42. The molecule has 0 radical (unpaired) electrons. The molecule has 0 spiro atoms. The Labute approximate surface area is 125 Å². The Morgan fingerprint density at radius 3 is 2.71 bits per heavy atom. The van der Waals surface area contributed by atoms with Crippen molar-refractivity contribution in [2.24, 2.45) is 5.73 Å². The van der Waals surface area contributed by atoms with Crippen LogP contribution in [0.5, 0.6) is 0 Å². The summed E-state index contributed by atoms with van der Waals surface area (Å²) < 4.78 is 0. The standard InChI is InChI=1S/C18H21N3/c1-12-7-10-15(18(19)20)17(11-12)21-13(2)8-9-14-5-3-4-6-16(14)21/h3-7,10-11,13H,8-9H2,1-2H3,(H3,19,20). The number of hydrogen-bond acceptors (Lipinski definition) is 2. The number of nitrogens with two attached hydrogens (primary N) is 1. The molecule has 0 saturated carbocycles. The highest BCUT2D eigenvalue weighted by molar-refractivity contribution is 6.01. The van der Waals surface area contributed by atoms with E-state index < -0.39 is 0 Å². The van der Waals surface area contributed by atoms with E-state index in [1.807, 2.05) is 12.1 Å². The van der Waals surface area contributed by atoms with Crippen LogP contribution in [0.1, 0.15) is 30.0 Å². The minimum atomic E-state index is 0.125. The van der Waals surface area contributed by atoms with E-state index in [-0.39, 0.29) is 5.84 Å². The number of fused-ring (bicyclic) bond motifs is 1. The molecular weight excluding hydrogens is 258 g/mol. The second kappa shape index (κ2) is 5.24. The maximum atomic E-state index is 7.87. The summed E-state index contributed by atoms with van der Waals surface area (Å²) in [5, 5.41) is 7.87. The number of nitrogen functional groups attached to an aromatic ring is 1. The molecule has 0 bridgehead atoms. The predicted octanol–water partition coefficient (Wildman–Crippen LogP) is 3.75. The van der Waals surface area contributed by atoms with Crippen LogP contribution in [0, 0.1) is 12.3 Å². The van der Waals surface area contributed by atoms with Crippen molar-refractivity contribution in [3.05, 3.63) is 59.2 Å². The van der Waals surface area contributed by atoms with Gasteiger partial charge in [-0.3, -0.25) is 5.41 Å². The first kappa shape index (κ1) is 13.7. The number of anilines is 2. The molecule has 1 atom stereocenters. The Morgan fingerprint density at radius 2 is 1.95 bits per heavy atom. The quantitative estimate of drug-likeness (QED) is 0.649. The molecule has 1 heterocycles. The first-order chi connectivity index (χ1) is 10.1. The molecule has 0 aliphatic carbocycles. The van der Waals surface area contributed by atoms with E-state index in [9.17, 15) is 0 Å². The molecule has 3 heteroatoms. The van der Waals surface area contributed by atoms with Crippen LogP contribution >= 0.6 is 0 Å². The van der Waals surface area contributed by atoms with Crippen LogP contribution in [-0.2, 0) is 6.42 Å². The third kappa shape index (κ3) is 2.40. The van der Waals surface area contributed by atoms with E-state index in [1.54, 1.807) is 0 Å². The zero-order chi connectivity index (χ0) is 15.0. The van der Waals surface area contributed by atoms with Crippen molar-refractivity contribution in [2.75, 3.05) is 4.90 Å². The molecule has 0 aromatic heterocycles. The molecule has 3 rings (SSSR count). The summed E-state index contributed by atoms with van der Waals surface area (Å²) in [6.07, 6.45) is 2.22. The minimum Gasteiger partial charge on any atom is -0.384 e. The van der Waals surface area contributed by atoms with E-state index in [0.717, 1.165) is 24.1 Å². The van der Waals surface area contributed by atoms with Gasteiger partial charge in [-0.15, -0.1) is 0 Å². The number of aryl methyl sites for hydroxylation is 2. The summed E-state index contributed by atoms with van der Waals surface area (Å²) in [6.45, 7) is 4.32. The van der Waals surface area contributed by atoms with Gasteiger partial charge in [0.2, 0.25) is 0 Å². The lowest BCUT2D eigenvalue weighted by Crippen LogP contribution is -2.34. The monoisotopic (exact) mass is 279 g/mol. The Hall–Kier alpha value is -2.29. The first-order valence-electron chi connectivity index (χ1n) is 7.40. The third-order valence-corrected chi connectivity index (χ3v) is 4.23. The van der Waals surface area contributed by atoms with Gasteiger partial charge >= 0.3 is 0 Å². The molecule has 1 unspecified atom stereocenters. The molecule has 2 aromatic rings. The summed E-state index contributed by atoms with van der Waals surface area (Å²) in [7, 11) is 0. The predicted molar refractivity (Wildman–Crippen MR) is 88.6 cm³/mol. The smallest absolute Gasteiger partial charge is 0.124 e. The second-order valence-corrected chi connectivity index (χ2v) is 5.82. The maximum absolute atomic E-state index is 7.87. The van der Waals surface area contributed by atoms with Gasteiger partial charge in [0.25, 0.3) is 0 Å². The molecule has 1 aliphatic heterocycles. The SMILES string of the molecule is Cc1ccc(C(=N)N)c(N2c3ccccc3CCC2C)c1. The maximum Gasteiger partial charge on any atom is 0.124 e. The number of nitrogens with zero attached hydrogens (tertiary/aromatic N) is 1. The van der Waals surface area contributed by atoms with Gasteiger partial charge in [0.15, 0.2) is 0 Å². The largest absolute Gasteiger partial charge is 0.384 e. The normalized spacial score (nSPS) is 17.4. The molecule has 0 saturated heterocycles. The molecule has 3 nitrogen and oxygen atoms in total. The van der Waals surface area contributed by atoms with Crippen LogP contribution in [0.15, 0.2) is 42.5 Å². The van der Waals surface area contributed by atoms with Gasteiger partial charge in [-0.05, 0) is 56.0 Å². The highest BCUT2D eigenvalue weighted by Gasteiger charge is 2.26. The molecule has 2 aromatic carbocycles. The van der Waals surface area contributed by atoms with Crippen molar-refractivity contribution >= 4 is 17.2 Å². The summed E-state index contributed by atoms with van der Waals surface area (Å²) in [5.41, 5.74) is 11.4. The summed E-state index contributed by atoms with van der Waals surface area (Å²) >= 11 is 0. The lowest BCUT2D eigenvalue weighted by Gasteiger charge is -2.38. The molecule has 3 N–H and O–H groups in total. The van der Waals surface area contributed by atoms with Crippen molar-refractivity contribution in [1.82, 2.24) is 0 Å². The molecule has 1 aliphatic rings. The van der Waals surface area contributed by atoms with Gasteiger partial charge in [0.1, 0.15) is 5.84 Å². The molecule has 108 valence electrons. The van der Waals surface area contributed by atoms with Gasteiger partial charge < -0.3 is 10.6 Å². The fourth-order valence-corrected chi connectivity index (χ4v) is 3.12. The first-order valence-corrected chi connectivity index (χ1v) is 7.40. The molecule has 0 amide bonds. The zero-order valence-corrected chi connectivity index (χ0v) is 12.6. The van der Waals surface area contributed by atoms with Gasteiger partial charge in [-0.25, -0.2) is 0 Å². The Balaban J connectivity index is 2.20. The summed E-state index contributed by atoms with van der Waals surface area (Å²) in [5.74, 6) is 0.125. The molecular formula is C18H21N3. The van der Waals surface area contributed by atoms with Crippen LogP contribution in [0.2, 0.25) is 0 Å². The highest BCUT2D eigenvalue weighted by Crippen LogP contribution is 2.38. The minimum absolute atomic E-state index is 0.125. The van der Waals surface area contributed by atoms with Gasteiger partial charge in [-0.1, -0.05) is 24.3 Å². The topological polar surface area (TPSA) is 53.1 Å². The van der Waals surface area contributed by atoms with Crippen molar-refractivity contribution in [3.8, 4) is 0 Å². The van der Waals surface area contributed by atoms with Crippen LogP contribution in [-0.4, -0.2) is 11.9 Å². The summed E-state index contributed by atoms with van der Waals surface area (Å²) in [4.78, 5) is 2.34. The van der Waals surface area contributed by atoms with Crippen LogP contribution in [0.25, 0.3) is 0 Å². The number of hydrogen-bond donors (Lipinski definition) is 2. The average molecular weight is 279 g/mol. The third-order valence-electron chi connectivity index (χ3n) is 4.23. The number of benzene rings is 2. The second-order valence-electron chi connectivity index (χ2n) is 5.82. The van der Waals surface area contributed by atoms with E-state index in [4.69, 9.17) is 11.1 Å². The summed E-state index contributed by atoms with van der Waals surface area (Å²) in [6, 6.07) is 15.0. The highest BCUT2D eigenvalue weighted by atomic mass is 15.2. The van der Waals surface area contributed by atoms with Crippen molar-refractivity contribution < 1.29 is 0 Å². The van der Waals surface area contributed by atoms with Gasteiger partial charge in [-0.2, -0.15) is 0 Å². The average Bonchev–Trinajstić information content (AvgIpc) is 2.46. The van der Waals surface area contributed by atoms with Gasteiger partial charge in [0, 0.05) is 17.3 Å². The van der Waals surface area contributed by atoms with Crippen molar-refractivity contribution in [3.63, 3.8) is 0 Å². The van der Waals surface area contributed by atoms with E-state index in [2.05, 4.69) is 49.1 Å². The fourth-order valence-electron chi connectivity index (χ4n) is 3.12. The zero-order valence-electron chi connectivity index (χ0n) is 12.6. The number of nitrogens with one attached hydrogen (secondary N) is 1. The number of amidine groups is 1. The molecule has 0 fully saturated rings. The fraction of sp³-hybridized carbons (Fsp3) is 0.278. The Bertz CT molecular complexity index is 691.